The Morgan fingerprint density at radius 1 is 1.22 bits per heavy atom. The highest BCUT2D eigenvalue weighted by Crippen LogP contribution is 2.26. The van der Waals surface area contributed by atoms with E-state index in [0.717, 1.165) is 13.1 Å². The highest BCUT2D eigenvalue weighted by molar-refractivity contribution is 5.16. The molecular formula is C16H28N2. The highest BCUT2D eigenvalue weighted by Gasteiger charge is 2.18. The van der Waals surface area contributed by atoms with Crippen LogP contribution in [-0.2, 0) is 0 Å². The van der Waals surface area contributed by atoms with Crippen LogP contribution in [0.25, 0.3) is 0 Å². The van der Waals surface area contributed by atoms with Gasteiger partial charge in [0.05, 0.1) is 0 Å². The van der Waals surface area contributed by atoms with Gasteiger partial charge in [-0.2, -0.15) is 0 Å². The summed E-state index contributed by atoms with van der Waals surface area (Å²) in [6.45, 7) is 11.3. The SMILES string of the molecule is CCCC(C)C(CNCC(C)C)c1cccnc1. The predicted octanol–water partition coefficient (Wildman–Crippen LogP) is 3.85. The van der Waals surface area contributed by atoms with E-state index in [-0.39, 0.29) is 0 Å². The van der Waals surface area contributed by atoms with Gasteiger partial charge in [-0.15, -0.1) is 0 Å². The molecule has 2 nitrogen and oxygen atoms in total. The smallest absolute Gasteiger partial charge is 0.0303 e. The van der Waals surface area contributed by atoms with Crippen LogP contribution in [0.2, 0.25) is 0 Å². The number of nitrogens with zero attached hydrogens (tertiary/aromatic N) is 1. The number of rotatable bonds is 8. The second-order valence-electron chi connectivity index (χ2n) is 5.71. The molecule has 0 aromatic carbocycles. The number of hydrogen-bond donors (Lipinski definition) is 1. The van der Waals surface area contributed by atoms with Crippen molar-refractivity contribution in [3.63, 3.8) is 0 Å². The van der Waals surface area contributed by atoms with Gasteiger partial charge in [-0.25, -0.2) is 0 Å². The summed E-state index contributed by atoms with van der Waals surface area (Å²) < 4.78 is 0. The first-order chi connectivity index (χ1) is 8.65. The molecule has 2 atom stereocenters. The molecule has 0 spiro atoms. The highest BCUT2D eigenvalue weighted by atomic mass is 14.9. The summed E-state index contributed by atoms with van der Waals surface area (Å²) in [6, 6.07) is 4.25. The third-order valence-corrected chi connectivity index (χ3v) is 3.46. The summed E-state index contributed by atoms with van der Waals surface area (Å²) in [6.07, 6.45) is 6.41. The molecule has 0 fully saturated rings. The first kappa shape index (κ1) is 15.2. The van der Waals surface area contributed by atoms with Crippen molar-refractivity contribution >= 4 is 0 Å². The van der Waals surface area contributed by atoms with Crippen LogP contribution in [0.5, 0.6) is 0 Å². The molecule has 0 aliphatic carbocycles. The Kier molecular flexibility index (Phi) is 6.96. The number of pyridine rings is 1. The maximum absolute atomic E-state index is 4.26. The minimum Gasteiger partial charge on any atom is -0.316 e. The topological polar surface area (TPSA) is 24.9 Å². The van der Waals surface area contributed by atoms with Crippen molar-refractivity contribution in [3.8, 4) is 0 Å². The third-order valence-electron chi connectivity index (χ3n) is 3.46. The Labute approximate surface area is 112 Å². The average Bonchev–Trinajstić information content (AvgIpc) is 2.35. The molecule has 0 aliphatic heterocycles. The fraction of sp³-hybridized carbons (Fsp3) is 0.688. The van der Waals surface area contributed by atoms with Crippen LogP contribution in [0.15, 0.2) is 24.5 Å². The zero-order chi connectivity index (χ0) is 13.4. The van der Waals surface area contributed by atoms with E-state index in [1.807, 2.05) is 18.5 Å². The average molecular weight is 248 g/mol. The maximum Gasteiger partial charge on any atom is 0.0303 e. The van der Waals surface area contributed by atoms with Gasteiger partial charge in [0.2, 0.25) is 0 Å². The number of aromatic nitrogens is 1. The molecule has 2 unspecified atom stereocenters. The van der Waals surface area contributed by atoms with Crippen molar-refractivity contribution in [3.05, 3.63) is 30.1 Å². The lowest BCUT2D eigenvalue weighted by atomic mass is 9.85. The monoisotopic (exact) mass is 248 g/mol. The summed E-state index contributed by atoms with van der Waals surface area (Å²) in [5, 5.41) is 3.59. The Morgan fingerprint density at radius 2 is 2.00 bits per heavy atom. The zero-order valence-corrected chi connectivity index (χ0v) is 12.3. The summed E-state index contributed by atoms with van der Waals surface area (Å²) in [7, 11) is 0. The van der Waals surface area contributed by atoms with Crippen LogP contribution < -0.4 is 5.32 Å². The summed E-state index contributed by atoms with van der Waals surface area (Å²) in [5.74, 6) is 2.00. The standard InChI is InChI=1S/C16H28N2/c1-5-7-14(4)16(12-18-10-13(2)3)15-8-6-9-17-11-15/h6,8-9,11,13-14,16,18H,5,7,10,12H2,1-4H3. The second-order valence-corrected chi connectivity index (χ2v) is 5.71. The summed E-state index contributed by atoms with van der Waals surface area (Å²) in [5.41, 5.74) is 1.37. The largest absolute Gasteiger partial charge is 0.316 e. The van der Waals surface area contributed by atoms with E-state index >= 15 is 0 Å². The molecule has 102 valence electrons. The summed E-state index contributed by atoms with van der Waals surface area (Å²) in [4.78, 5) is 4.26. The van der Waals surface area contributed by atoms with E-state index in [1.54, 1.807) is 0 Å². The molecule has 0 amide bonds. The Morgan fingerprint density at radius 3 is 2.56 bits per heavy atom. The van der Waals surface area contributed by atoms with Crippen molar-refractivity contribution in [1.82, 2.24) is 10.3 Å². The molecule has 1 heterocycles. The molecule has 2 heteroatoms. The van der Waals surface area contributed by atoms with Crippen molar-refractivity contribution < 1.29 is 0 Å². The van der Waals surface area contributed by atoms with E-state index in [9.17, 15) is 0 Å². The second kappa shape index (κ2) is 8.25. The molecule has 0 saturated heterocycles. The van der Waals surface area contributed by atoms with Gasteiger partial charge in [0, 0.05) is 24.9 Å². The van der Waals surface area contributed by atoms with Gasteiger partial charge in [0.15, 0.2) is 0 Å². The number of nitrogens with one attached hydrogen (secondary N) is 1. The fourth-order valence-electron chi connectivity index (χ4n) is 2.43. The van der Waals surface area contributed by atoms with Crippen molar-refractivity contribution in [2.45, 2.75) is 46.5 Å². The minimum atomic E-state index is 0.581. The van der Waals surface area contributed by atoms with E-state index in [0.29, 0.717) is 17.8 Å². The Hall–Kier alpha value is -0.890. The van der Waals surface area contributed by atoms with Gasteiger partial charge < -0.3 is 5.32 Å². The van der Waals surface area contributed by atoms with Crippen LogP contribution in [0, 0.1) is 11.8 Å². The minimum absolute atomic E-state index is 0.581. The predicted molar refractivity (Wildman–Crippen MR) is 78.8 cm³/mol. The molecular weight excluding hydrogens is 220 g/mol. The quantitative estimate of drug-likeness (QED) is 0.756. The van der Waals surface area contributed by atoms with Gasteiger partial charge in [0.1, 0.15) is 0 Å². The van der Waals surface area contributed by atoms with E-state index in [1.165, 1.54) is 18.4 Å². The molecule has 1 N–H and O–H groups in total. The van der Waals surface area contributed by atoms with Gasteiger partial charge in [-0.1, -0.05) is 46.6 Å². The molecule has 0 radical (unpaired) electrons. The molecule has 18 heavy (non-hydrogen) atoms. The van der Waals surface area contributed by atoms with E-state index in [2.05, 4.69) is 44.1 Å². The van der Waals surface area contributed by atoms with Crippen molar-refractivity contribution in [2.75, 3.05) is 13.1 Å². The maximum atomic E-state index is 4.26. The first-order valence-electron chi connectivity index (χ1n) is 7.25. The van der Waals surface area contributed by atoms with Crippen LogP contribution in [0.1, 0.15) is 52.0 Å². The first-order valence-corrected chi connectivity index (χ1v) is 7.25. The van der Waals surface area contributed by atoms with Crippen LogP contribution >= 0.6 is 0 Å². The zero-order valence-electron chi connectivity index (χ0n) is 12.3. The Bertz CT molecular complexity index is 308. The molecule has 1 aromatic rings. The molecule has 0 bridgehead atoms. The Balaban J connectivity index is 2.63. The molecule has 1 rings (SSSR count). The van der Waals surface area contributed by atoms with Gasteiger partial charge in [0.25, 0.3) is 0 Å². The summed E-state index contributed by atoms with van der Waals surface area (Å²) >= 11 is 0. The molecule has 1 aromatic heterocycles. The lowest BCUT2D eigenvalue weighted by Crippen LogP contribution is -2.28. The lowest BCUT2D eigenvalue weighted by molar-refractivity contribution is 0.394. The van der Waals surface area contributed by atoms with Crippen molar-refractivity contribution in [1.29, 1.82) is 0 Å². The third kappa shape index (κ3) is 5.18. The lowest BCUT2D eigenvalue weighted by Gasteiger charge is -2.25. The van der Waals surface area contributed by atoms with Gasteiger partial charge in [-0.3, -0.25) is 4.98 Å². The van der Waals surface area contributed by atoms with E-state index in [4.69, 9.17) is 0 Å². The van der Waals surface area contributed by atoms with Crippen molar-refractivity contribution in [2.24, 2.45) is 11.8 Å². The molecule has 0 saturated carbocycles. The fourth-order valence-corrected chi connectivity index (χ4v) is 2.43. The molecule has 0 aliphatic rings. The van der Waals surface area contributed by atoms with Crippen LogP contribution in [-0.4, -0.2) is 18.1 Å². The van der Waals surface area contributed by atoms with E-state index < -0.39 is 0 Å². The normalized spacial score (nSPS) is 14.7. The van der Waals surface area contributed by atoms with Crippen LogP contribution in [0.4, 0.5) is 0 Å². The van der Waals surface area contributed by atoms with Gasteiger partial charge in [-0.05, 0) is 30.0 Å². The van der Waals surface area contributed by atoms with Crippen LogP contribution in [0.3, 0.4) is 0 Å². The number of hydrogen-bond acceptors (Lipinski definition) is 2. The van der Waals surface area contributed by atoms with Gasteiger partial charge >= 0.3 is 0 Å².